The van der Waals surface area contributed by atoms with Crippen LogP contribution >= 0.6 is 0 Å². The molecular formula is C24H31N. The maximum Gasteiger partial charge on any atom is 0.0496 e. The van der Waals surface area contributed by atoms with Gasteiger partial charge in [0.05, 0.1) is 0 Å². The average molecular weight is 334 g/mol. The Kier molecular flexibility index (Phi) is 4.10. The highest BCUT2D eigenvalue weighted by Crippen LogP contribution is 2.47. The van der Waals surface area contributed by atoms with Crippen LogP contribution < -0.4 is 5.32 Å². The molecule has 1 heteroatoms. The topological polar surface area (TPSA) is 12.0 Å². The van der Waals surface area contributed by atoms with Gasteiger partial charge in [-0.05, 0) is 125 Å². The van der Waals surface area contributed by atoms with E-state index in [9.17, 15) is 0 Å². The Hall–Kier alpha value is -2.02. The van der Waals surface area contributed by atoms with Crippen molar-refractivity contribution in [1.29, 1.82) is 0 Å². The molecule has 0 spiro atoms. The highest BCUT2D eigenvalue weighted by Gasteiger charge is 2.25. The second-order valence-electron chi connectivity index (χ2n) is 7.88. The Balaban J connectivity index is 2.53. The van der Waals surface area contributed by atoms with E-state index in [0.717, 1.165) is 0 Å². The molecule has 0 amide bonds. The van der Waals surface area contributed by atoms with Crippen LogP contribution in [-0.2, 0) is 0 Å². The van der Waals surface area contributed by atoms with E-state index in [2.05, 4.69) is 74.6 Å². The molecule has 1 heterocycles. The van der Waals surface area contributed by atoms with Gasteiger partial charge in [0, 0.05) is 22.5 Å². The first-order valence-corrected chi connectivity index (χ1v) is 9.25. The number of anilines is 2. The predicted octanol–water partition coefficient (Wildman–Crippen LogP) is 7.16. The highest BCUT2D eigenvalue weighted by atomic mass is 14.9. The van der Waals surface area contributed by atoms with Gasteiger partial charge in [0.2, 0.25) is 0 Å². The summed E-state index contributed by atoms with van der Waals surface area (Å²) in [5.41, 5.74) is 19.3. The Morgan fingerprint density at radius 1 is 0.360 bits per heavy atom. The second-order valence-corrected chi connectivity index (χ2v) is 7.88. The van der Waals surface area contributed by atoms with E-state index in [0.29, 0.717) is 0 Å². The van der Waals surface area contributed by atoms with Gasteiger partial charge in [-0.3, -0.25) is 0 Å². The molecule has 3 rings (SSSR count). The summed E-state index contributed by atoms with van der Waals surface area (Å²) in [5.74, 6) is 0. The van der Waals surface area contributed by atoms with Gasteiger partial charge < -0.3 is 5.32 Å². The largest absolute Gasteiger partial charge is 0.354 e. The molecule has 0 saturated carbocycles. The molecule has 0 fully saturated rings. The molecular weight excluding hydrogens is 302 g/mol. The SMILES string of the molecule is CC1=C(C)c2c(C)c(C)c(C)c(C)c2Nc2c(C)c(C)c(C)c(C)c21. The van der Waals surface area contributed by atoms with Crippen LogP contribution in [-0.4, -0.2) is 0 Å². The third-order valence-corrected chi connectivity index (χ3v) is 6.94. The fourth-order valence-electron chi connectivity index (χ4n) is 4.38. The molecule has 25 heavy (non-hydrogen) atoms. The molecule has 0 aromatic heterocycles. The molecule has 0 bridgehead atoms. The van der Waals surface area contributed by atoms with Crippen LogP contribution in [0.5, 0.6) is 0 Å². The van der Waals surface area contributed by atoms with Gasteiger partial charge in [-0.1, -0.05) is 0 Å². The zero-order valence-electron chi connectivity index (χ0n) is 17.5. The molecule has 1 nitrogen and oxygen atoms in total. The van der Waals surface area contributed by atoms with Crippen LogP contribution in [0.15, 0.2) is 0 Å². The van der Waals surface area contributed by atoms with Crippen LogP contribution in [0, 0.1) is 55.4 Å². The molecule has 1 aliphatic heterocycles. The van der Waals surface area contributed by atoms with Gasteiger partial charge in [-0.2, -0.15) is 0 Å². The summed E-state index contributed by atoms with van der Waals surface area (Å²) in [6.45, 7) is 22.6. The lowest BCUT2D eigenvalue weighted by Gasteiger charge is -2.23. The van der Waals surface area contributed by atoms with Crippen LogP contribution in [0.2, 0.25) is 0 Å². The van der Waals surface area contributed by atoms with Crippen molar-refractivity contribution in [2.24, 2.45) is 0 Å². The van der Waals surface area contributed by atoms with Crippen molar-refractivity contribution in [3.63, 3.8) is 0 Å². The Morgan fingerprint density at radius 2 is 0.640 bits per heavy atom. The normalized spacial score (nSPS) is 13.4. The molecule has 2 aromatic rings. The quantitative estimate of drug-likeness (QED) is 0.539. The molecule has 0 atom stereocenters. The van der Waals surface area contributed by atoms with Crippen LogP contribution in [0.3, 0.4) is 0 Å². The second kappa shape index (κ2) is 5.76. The zero-order chi connectivity index (χ0) is 18.8. The van der Waals surface area contributed by atoms with Gasteiger partial charge in [0.15, 0.2) is 0 Å². The Labute approximate surface area is 153 Å². The lowest BCUT2D eigenvalue weighted by molar-refractivity contribution is 1.19. The van der Waals surface area contributed by atoms with Crippen molar-refractivity contribution in [1.82, 2.24) is 0 Å². The predicted molar refractivity (Wildman–Crippen MR) is 112 cm³/mol. The van der Waals surface area contributed by atoms with Crippen molar-refractivity contribution >= 4 is 22.5 Å². The summed E-state index contributed by atoms with van der Waals surface area (Å²) in [6, 6.07) is 0. The van der Waals surface area contributed by atoms with E-state index in [1.807, 2.05) is 0 Å². The number of allylic oxidation sites excluding steroid dienone is 2. The van der Waals surface area contributed by atoms with E-state index in [1.54, 1.807) is 0 Å². The minimum absolute atomic E-state index is 1.29. The van der Waals surface area contributed by atoms with Gasteiger partial charge in [-0.15, -0.1) is 0 Å². The van der Waals surface area contributed by atoms with E-state index >= 15 is 0 Å². The van der Waals surface area contributed by atoms with Crippen LogP contribution in [0.25, 0.3) is 11.1 Å². The van der Waals surface area contributed by atoms with Crippen molar-refractivity contribution < 1.29 is 0 Å². The van der Waals surface area contributed by atoms with E-state index in [1.165, 1.54) is 78.2 Å². The number of hydrogen-bond acceptors (Lipinski definition) is 1. The standard InChI is InChI=1S/C24H31N/c1-11-13(3)19(9)23-21(15(11)5)17(7)18(8)22-16(6)12(2)14(4)20(10)24(22)25-23/h25H,1-10H3. The first kappa shape index (κ1) is 17.8. The first-order chi connectivity index (χ1) is 11.6. The average Bonchev–Trinajstić information content (AvgIpc) is 2.70. The van der Waals surface area contributed by atoms with Gasteiger partial charge in [0.1, 0.15) is 0 Å². The lowest BCUT2D eigenvalue weighted by atomic mass is 9.85. The Bertz CT molecular complexity index is 878. The smallest absolute Gasteiger partial charge is 0.0496 e. The fourth-order valence-corrected chi connectivity index (χ4v) is 4.38. The molecule has 0 saturated heterocycles. The number of hydrogen-bond donors (Lipinski definition) is 1. The van der Waals surface area contributed by atoms with Crippen molar-refractivity contribution in [2.75, 3.05) is 5.32 Å². The highest BCUT2D eigenvalue weighted by molar-refractivity contribution is 6.03. The molecule has 0 radical (unpaired) electrons. The van der Waals surface area contributed by atoms with E-state index < -0.39 is 0 Å². The number of fused-ring (bicyclic) bond motifs is 2. The monoisotopic (exact) mass is 333 g/mol. The summed E-state index contributed by atoms with van der Waals surface area (Å²) < 4.78 is 0. The fraction of sp³-hybridized carbons (Fsp3) is 0.417. The van der Waals surface area contributed by atoms with Crippen LogP contribution in [0.1, 0.15) is 69.5 Å². The van der Waals surface area contributed by atoms with E-state index in [4.69, 9.17) is 0 Å². The summed E-state index contributed by atoms with van der Waals surface area (Å²) >= 11 is 0. The minimum atomic E-state index is 1.29. The maximum absolute atomic E-state index is 3.88. The number of rotatable bonds is 0. The van der Waals surface area contributed by atoms with Crippen molar-refractivity contribution in [3.8, 4) is 0 Å². The third-order valence-electron chi connectivity index (χ3n) is 6.94. The maximum atomic E-state index is 3.88. The van der Waals surface area contributed by atoms with Gasteiger partial charge in [0.25, 0.3) is 0 Å². The summed E-state index contributed by atoms with van der Waals surface area (Å²) in [5, 5.41) is 3.88. The van der Waals surface area contributed by atoms with Gasteiger partial charge in [-0.25, -0.2) is 0 Å². The van der Waals surface area contributed by atoms with Gasteiger partial charge >= 0.3 is 0 Å². The number of benzene rings is 2. The lowest BCUT2D eigenvalue weighted by Crippen LogP contribution is -2.06. The van der Waals surface area contributed by atoms with Crippen LogP contribution in [0.4, 0.5) is 11.4 Å². The molecule has 1 N–H and O–H groups in total. The molecule has 2 aromatic carbocycles. The minimum Gasteiger partial charge on any atom is -0.354 e. The molecule has 132 valence electrons. The first-order valence-electron chi connectivity index (χ1n) is 9.25. The zero-order valence-corrected chi connectivity index (χ0v) is 17.5. The molecule has 0 unspecified atom stereocenters. The Morgan fingerprint density at radius 3 is 0.960 bits per heavy atom. The van der Waals surface area contributed by atoms with Crippen molar-refractivity contribution in [3.05, 3.63) is 55.6 Å². The molecule has 1 aliphatic rings. The summed E-state index contributed by atoms with van der Waals surface area (Å²) in [4.78, 5) is 0. The summed E-state index contributed by atoms with van der Waals surface area (Å²) in [7, 11) is 0. The van der Waals surface area contributed by atoms with E-state index in [-0.39, 0.29) is 0 Å². The number of nitrogens with one attached hydrogen (secondary N) is 1. The van der Waals surface area contributed by atoms with Crippen molar-refractivity contribution in [2.45, 2.75) is 69.2 Å². The molecule has 0 aliphatic carbocycles. The summed E-state index contributed by atoms with van der Waals surface area (Å²) in [6.07, 6.45) is 0. The third kappa shape index (κ3) is 2.28.